The summed E-state index contributed by atoms with van der Waals surface area (Å²) < 4.78 is 1.61. The number of carbonyl (C=O) groups excluding carboxylic acids is 1. The van der Waals surface area contributed by atoms with Gasteiger partial charge in [0.25, 0.3) is 5.91 Å². The fourth-order valence-corrected chi connectivity index (χ4v) is 2.40. The maximum Gasteiger partial charge on any atom is 0.251 e. The topological polar surface area (TPSA) is 80.0 Å². The van der Waals surface area contributed by atoms with Gasteiger partial charge < -0.3 is 10.4 Å². The molecule has 1 amide bonds. The summed E-state index contributed by atoms with van der Waals surface area (Å²) in [4.78, 5) is 12.3. The van der Waals surface area contributed by atoms with Crippen LogP contribution in [0.1, 0.15) is 16.8 Å². The Morgan fingerprint density at radius 1 is 1.43 bits per heavy atom. The summed E-state index contributed by atoms with van der Waals surface area (Å²) in [5, 5.41) is 19.7. The molecule has 0 unspecified atom stereocenters. The van der Waals surface area contributed by atoms with Crippen molar-refractivity contribution in [2.24, 2.45) is 5.92 Å². The van der Waals surface area contributed by atoms with Crippen LogP contribution in [0.3, 0.4) is 0 Å². The predicted octanol–water partition coefficient (Wildman–Crippen LogP) is 0.934. The Balaban J connectivity index is 1.71. The Morgan fingerprint density at radius 3 is 3.05 bits per heavy atom. The molecule has 0 aliphatic heterocycles. The molecule has 1 aromatic heterocycles. The molecule has 6 nitrogen and oxygen atoms in total. The van der Waals surface area contributed by atoms with Crippen LogP contribution >= 0.6 is 0 Å². The monoisotopic (exact) mass is 284 g/mol. The van der Waals surface area contributed by atoms with Gasteiger partial charge in [-0.1, -0.05) is 23.4 Å². The van der Waals surface area contributed by atoms with Crippen molar-refractivity contribution in [1.29, 1.82) is 0 Å². The molecule has 0 fully saturated rings. The molecule has 2 atom stereocenters. The Labute approximate surface area is 122 Å². The van der Waals surface area contributed by atoms with Gasteiger partial charge in [-0.3, -0.25) is 4.79 Å². The van der Waals surface area contributed by atoms with E-state index in [0.717, 1.165) is 12.1 Å². The van der Waals surface area contributed by atoms with Crippen LogP contribution in [0.4, 0.5) is 0 Å². The Kier molecular flexibility index (Phi) is 3.79. The van der Waals surface area contributed by atoms with Gasteiger partial charge in [-0.25, -0.2) is 4.68 Å². The van der Waals surface area contributed by atoms with Gasteiger partial charge >= 0.3 is 0 Å². The van der Waals surface area contributed by atoms with Gasteiger partial charge in [-0.15, -0.1) is 5.10 Å². The number of aliphatic hydroxyl groups is 1. The maximum absolute atomic E-state index is 12.3. The van der Waals surface area contributed by atoms with Crippen molar-refractivity contribution in [3.63, 3.8) is 0 Å². The van der Waals surface area contributed by atoms with Gasteiger partial charge in [0, 0.05) is 24.1 Å². The summed E-state index contributed by atoms with van der Waals surface area (Å²) in [6.07, 6.45) is 7.93. The molecule has 6 heteroatoms. The van der Waals surface area contributed by atoms with Crippen LogP contribution in [0.5, 0.6) is 0 Å². The minimum absolute atomic E-state index is 0.0234. The minimum atomic E-state index is -0.134. The van der Waals surface area contributed by atoms with E-state index in [2.05, 4.69) is 15.6 Å². The standard InChI is InChI=1S/C15H16N4O2/c20-10-11-4-5-13(8-11)17-15(21)12-2-1-3-14(9-12)19-7-6-16-18-19/h1-7,9,11,13,20H,8,10H2,(H,17,21)/t11-,13+/m0/s1. The van der Waals surface area contributed by atoms with Gasteiger partial charge in [-0.2, -0.15) is 0 Å². The lowest BCUT2D eigenvalue weighted by Crippen LogP contribution is -2.32. The van der Waals surface area contributed by atoms with E-state index in [1.807, 2.05) is 24.3 Å². The number of benzene rings is 1. The number of nitrogens with one attached hydrogen (secondary N) is 1. The smallest absolute Gasteiger partial charge is 0.251 e. The number of aliphatic hydroxyl groups excluding tert-OH is 1. The highest BCUT2D eigenvalue weighted by Crippen LogP contribution is 2.18. The lowest BCUT2D eigenvalue weighted by Gasteiger charge is -2.13. The van der Waals surface area contributed by atoms with E-state index in [-0.39, 0.29) is 24.5 Å². The maximum atomic E-state index is 12.3. The first kappa shape index (κ1) is 13.5. The van der Waals surface area contributed by atoms with Crippen molar-refractivity contribution in [3.8, 4) is 5.69 Å². The van der Waals surface area contributed by atoms with E-state index in [0.29, 0.717) is 5.56 Å². The van der Waals surface area contributed by atoms with Crippen molar-refractivity contribution in [2.45, 2.75) is 12.5 Å². The molecule has 1 aliphatic carbocycles. The Bertz CT molecular complexity index is 651. The van der Waals surface area contributed by atoms with E-state index in [9.17, 15) is 4.79 Å². The van der Waals surface area contributed by atoms with E-state index in [1.54, 1.807) is 29.2 Å². The SMILES string of the molecule is O=C(N[C@@H]1C=C[C@H](CO)C1)c1cccc(-n2ccnn2)c1. The first-order chi connectivity index (χ1) is 10.3. The molecule has 1 heterocycles. The fraction of sp³-hybridized carbons (Fsp3) is 0.267. The summed E-state index contributed by atoms with van der Waals surface area (Å²) in [6, 6.07) is 7.18. The summed E-state index contributed by atoms with van der Waals surface area (Å²) >= 11 is 0. The summed E-state index contributed by atoms with van der Waals surface area (Å²) in [7, 11) is 0. The molecule has 108 valence electrons. The summed E-state index contributed by atoms with van der Waals surface area (Å²) in [5.74, 6) is 0.00184. The molecule has 0 radical (unpaired) electrons. The molecular formula is C15H16N4O2. The third-order valence-electron chi connectivity index (χ3n) is 3.52. The molecular weight excluding hydrogens is 268 g/mol. The summed E-state index contributed by atoms with van der Waals surface area (Å²) in [5.41, 5.74) is 1.36. The van der Waals surface area contributed by atoms with Crippen molar-refractivity contribution in [2.75, 3.05) is 6.61 Å². The zero-order valence-corrected chi connectivity index (χ0v) is 11.4. The molecule has 2 aromatic rings. The van der Waals surface area contributed by atoms with E-state index in [1.165, 1.54) is 0 Å². The van der Waals surface area contributed by atoms with Crippen molar-refractivity contribution in [3.05, 3.63) is 54.4 Å². The number of hydrogen-bond acceptors (Lipinski definition) is 4. The fourth-order valence-electron chi connectivity index (χ4n) is 2.40. The zero-order chi connectivity index (χ0) is 14.7. The minimum Gasteiger partial charge on any atom is -0.396 e. The third-order valence-corrected chi connectivity index (χ3v) is 3.52. The first-order valence-electron chi connectivity index (χ1n) is 6.83. The van der Waals surface area contributed by atoms with Gasteiger partial charge in [-0.05, 0) is 24.6 Å². The second-order valence-electron chi connectivity index (χ2n) is 5.04. The average Bonchev–Trinajstić information content (AvgIpc) is 3.18. The number of carbonyl (C=O) groups is 1. The Hall–Kier alpha value is -2.47. The largest absolute Gasteiger partial charge is 0.396 e. The number of aromatic nitrogens is 3. The second kappa shape index (κ2) is 5.88. The molecule has 1 aromatic carbocycles. The van der Waals surface area contributed by atoms with Crippen LogP contribution < -0.4 is 5.32 Å². The van der Waals surface area contributed by atoms with Crippen LogP contribution in [0.25, 0.3) is 5.69 Å². The quantitative estimate of drug-likeness (QED) is 0.819. The second-order valence-corrected chi connectivity index (χ2v) is 5.04. The molecule has 0 bridgehead atoms. The number of amides is 1. The molecule has 0 saturated carbocycles. The van der Waals surface area contributed by atoms with E-state index in [4.69, 9.17) is 5.11 Å². The van der Waals surface area contributed by atoms with Crippen LogP contribution in [-0.4, -0.2) is 38.7 Å². The van der Waals surface area contributed by atoms with Crippen molar-refractivity contribution in [1.82, 2.24) is 20.3 Å². The van der Waals surface area contributed by atoms with Crippen molar-refractivity contribution < 1.29 is 9.90 Å². The lowest BCUT2D eigenvalue weighted by atomic mass is 10.1. The van der Waals surface area contributed by atoms with E-state index >= 15 is 0 Å². The highest BCUT2D eigenvalue weighted by molar-refractivity contribution is 5.95. The molecule has 1 aliphatic rings. The number of nitrogens with zero attached hydrogens (tertiary/aromatic N) is 3. The predicted molar refractivity (Wildman–Crippen MR) is 76.9 cm³/mol. The highest BCUT2D eigenvalue weighted by Gasteiger charge is 2.20. The third kappa shape index (κ3) is 3.00. The van der Waals surface area contributed by atoms with Gasteiger partial charge in [0.05, 0.1) is 18.1 Å². The number of hydrogen-bond donors (Lipinski definition) is 2. The molecule has 0 saturated heterocycles. The van der Waals surface area contributed by atoms with Crippen LogP contribution in [-0.2, 0) is 0 Å². The zero-order valence-electron chi connectivity index (χ0n) is 11.4. The summed E-state index contributed by atoms with van der Waals surface area (Å²) in [6.45, 7) is 0.116. The van der Waals surface area contributed by atoms with Crippen molar-refractivity contribution >= 4 is 5.91 Å². The average molecular weight is 284 g/mol. The molecule has 2 N–H and O–H groups in total. The number of rotatable bonds is 4. The molecule has 21 heavy (non-hydrogen) atoms. The molecule has 3 rings (SSSR count). The van der Waals surface area contributed by atoms with Crippen LogP contribution in [0, 0.1) is 5.92 Å². The Morgan fingerprint density at radius 2 is 2.33 bits per heavy atom. The lowest BCUT2D eigenvalue weighted by molar-refractivity contribution is 0.0941. The van der Waals surface area contributed by atoms with Crippen LogP contribution in [0.2, 0.25) is 0 Å². The normalized spacial score (nSPS) is 20.6. The molecule has 0 spiro atoms. The van der Waals surface area contributed by atoms with Gasteiger partial charge in [0.2, 0.25) is 0 Å². The van der Waals surface area contributed by atoms with Gasteiger partial charge in [0.15, 0.2) is 0 Å². The van der Waals surface area contributed by atoms with Crippen LogP contribution in [0.15, 0.2) is 48.8 Å². The van der Waals surface area contributed by atoms with Gasteiger partial charge in [0.1, 0.15) is 0 Å². The first-order valence-corrected chi connectivity index (χ1v) is 6.83. The van der Waals surface area contributed by atoms with E-state index < -0.39 is 0 Å². The highest BCUT2D eigenvalue weighted by atomic mass is 16.3.